The van der Waals surface area contributed by atoms with E-state index in [0.717, 1.165) is 48.2 Å². The molecule has 4 heterocycles. The van der Waals surface area contributed by atoms with Gasteiger partial charge in [0.25, 0.3) is 17.7 Å². The standard InChI is InChI=1S/C35H41N11O4/c1-43(2)34(49)25-8-5-9-26(41-25)35(50)45-16-21(17-45)46-28-18-44(3)31-22(23(28)15-38-46)6-4-7-24(31)40-27(30(37)33(48)39-20-12-13-20)14-29(36)42-32(47)19-10-11-19/h4-9,14-15,19-21,40H,10-13,16-18,36-37H2,1-3H3,(H,39,48)(H,42,47)/b29-14+,30-27+. The lowest BCUT2D eigenvalue weighted by Gasteiger charge is -2.40. The average Bonchev–Trinajstić information content (AvgIpc) is 4.02. The van der Waals surface area contributed by atoms with Crippen LogP contribution in [0.2, 0.25) is 0 Å². The molecule has 260 valence electrons. The van der Waals surface area contributed by atoms with Crippen LogP contribution >= 0.6 is 0 Å². The van der Waals surface area contributed by atoms with Crippen LogP contribution in [0.4, 0.5) is 11.4 Å². The number of anilines is 2. The van der Waals surface area contributed by atoms with Crippen LogP contribution < -0.4 is 32.3 Å². The van der Waals surface area contributed by atoms with E-state index in [1.54, 1.807) is 37.2 Å². The molecule has 3 fully saturated rings. The normalized spacial score (nSPS) is 17.5. The van der Waals surface area contributed by atoms with Gasteiger partial charge in [-0.05, 0) is 43.9 Å². The van der Waals surface area contributed by atoms with Gasteiger partial charge in [-0.25, -0.2) is 4.98 Å². The molecule has 2 aliphatic heterocycles. The minimum atomic E-state index is -0.409. The number of aromatic nitrogens is 3. The van der Waals surface area contributed by atoms with E-state index in [2.05, 4.69) is 25.8 Å². The van der Waals surface area contributed by atoms with Crippen molar-refractivity contribution >= 4 is 35.0 Å². The lowest BCUT2D eigenvalue weighted by atomic mass is 9.97. The van der Waals surface area contributed by atoms with Gasteiger partial charge in [0.15, 0.2) is 0 Å². The van der Waals surface area contributed by atoms with E-state index < -0.39 is 5.91 Å². The Balaban J connectivity index is 1.11. The van der Waals surface area contributed by atoms with Gasteiger partial charge in [0.1, 0.15) is 22.9 Å². The molecule has 0 spiro atoms. The number of pyridine rings is 1. The predicted molar refractivity (Wildman–Crippen MR) is 186 cm³/mol. The first-order valence-corrected chi connectivity index (χ1v) is 16.7. The number of nitrogens with zero attached hydrogens (tertiary/aromatic N) is 6. The molecule has 7 N–H and O–H groups in total. The Bertz CT molecular complexity index is 1950. The number of hydrogen-bond donors (Lipinski definition) is 5. The zero-order valence-electron chi connectivity index (χ0n) is 28.3. The molecule has 7 rings (SSSR count). The first-order chi connectivity index (χ1) is 24.0. The molecule has 4 amide bonds. The maximum Gasteiger partial charge on any atom is 0.272 e. The van der Waals surface area contributed by atoms with Crippen molar-refractivity contribution < 1.29 is 19.2 Å². The number of benzene rings is 1. The largest absolute Gasteiger partial charge is 0.393 e. The smallest absolute Gasteiger partial charge is 0.272 e. The van der Waals surface area contributed by atoms with Gasteiger partial charge < -0.3 is 42.1 Å². The summed E-state index contributed by atoms with van der Waals surface area (Å²) in [5.74, 6) is -1.01. The third-order valence-corrected chi connectivity index (χ3v) is 9.31. The molecular weight excluding hydrogens is 638 g/mol. The molecule has 15 nitrogen and oxygen atoms in total. The monoisotopic (exact) mass is 679 g/mol. The highest BCUT2D eigenvalue weighted by atomic mass is 16.2. The SMILES string of the molecule is CN(C)C(=O)c1cccc(C(=O)N2CC(n3ncc4c3CN(C)c3c(NC(/C=C(\N)NC(=O)C5CC5)=C(/N)C(=O)NC5CC5)cccc3-4)C2)n1. The van der Waals surface area contributed by atoms with Gasteiger partial charge in [-0.15, -0.1) is 0 Å². The quantitative estimate of drug-likeness (QED) is 0.155. The van der Waals surface area contributed by atoms with Crippen LogP contribution in [0.1, 0.15) is 58.4 Å². The van der Waals surface area contributed by atoms with Crippen LogP contribution in [0.5, 0.6) is 0 Å². The molecule has 50 heavy (non-hydrogen) atoms. The summed E-state index contributed by atoms with van der Waals surface area (Å²) in [5.41, 5.74) is 17.8. The van der Waals surface area contributed by atoms with Gasteiger partial charge in [0.2, 0.25) is 5.91 Å². The number of carbonyl (C=O) groups is 4. The summed E-state index contributed by atoms with van der Waals surface area (Å²) < 4.78 is 1.98. The highest BCUT2D eigenvalue weighted by Crippen LogP contribution is 2.44. The molecule has 3 aromatic rings. The number of carbonyl (C=O) groups excluding carboxylic acids is 4. The fraction of sp³-hybridized carbons (Fsp3) is 0.371. The summed E-state index contributed by atoms with van der Waals surface area (Å²) in [6.45, 7) is 1.45. The van der Waals surface area contributed by atoms with Crippen molar-refractivity contribution in [1.82, 2.24) is 35.2 Å². The van der Waals surface area contributed by atoms with Crippen LogP contribution in [-0.2, 0) is 16.1 Å². The minimum Gasteiger partial charge on any atom is -0.393 e. The molecule has 4 aliphatic rings. The maximum absolute atomic E-state index is 13.2. The van der Waals surface area contributed by atoms with Crippen molar-refractivity contribution in [2.75, 3.05) is 44.4 Å². The Labute approximate surface area is 289 Å². The molecule has 0 unspecified atom stereocenters. The Hall–Kier alpha value is -5.86. The Kier molecular flexibility index (Phi) is 8.41. The van der Waals surface area contributed by atoms with Crippen LogP contribution in [0.15, 0.2) is 65.9 Å². The Morgan fingerprint density at radius 1 is 0.960 bits per heavy atom. The van der Waals surface area contributed by atoms with E-state index >= 15 is 0 Å². The minimum absolute atomic E-state index is 0.0242. The lowest BCUT2D eigenvalue weighted by Crippen LogP contribution is -2.51. The molecule has 0 radical (unpaired) electrons. The number of rotatable bonds is 10. The second kappa shape index (κ2) is 12.9. The maximum atomic E-state index is 13.2. The number of nitrogens with one attached hydrogen (secondary N) is 3. The number of nitrogens with two attached hydrogens (primary N) is 2. The molecule has 2 saturated carbocycles. The molecule has 1 aromatic carbocycles. The molecular formula is C35H41N11O4. The van der Waals surface area contributed by atoms with Crippen LogP contribution in [0.25, 0.3) is 11.1 Å². The first-order valence-electron chi connectivity index (χ1n) is 16.7. The first kappa shape index (κ1) is 32.7. The van der Waals surface area contributed by atoms with Crippen LogP contribution in [-0.4, -0.2) is 88.5 Å². The van der Waals surface area contributed by atoms with E-state index in [4.69, 9.17) is 16.6 Å². The second-order valence-electron chi connectivity index (χ2n) is 13.5. The van der Waals surface area contributed by atoms with E-state index in [9.17, 15) is 19.2 Å². The highest BCUT2D eigenvalue weighted by molar-refractivity contribution is 5.97. The molecule has 2 aliphatic carbocycles. The third kappa shape index (κ3) is 6.45. The molecule has 15 heteroatoms. The van der Waals surface area contributed by atoms with Crippen molar-refractivity contribution in [2.24, 2.45) is 17.4 Å². The van der Waals surface area contributed by atoms with E-state index in [1.807, 2.05) is 36.1 Å². The predicted octanol–water partition coefficient (Wildman–Crippen LogP) is 1.48. The van der Waals surface area contributed by atoms with Crippen molar-refractivity contribution in [2.45, 2.75) is 44.3 Å². The van der Waals surface area contributed by atoms with Crippen molar-refractivity contribution in [3.05, 3.63) is 83.0 Å². The van der Waals surface area contributed by atoms with E-state index in [-0.39, 0.29) is 64.3 Å². The Morgan fingerprint density at radius 2 is 1.68 bits per heavy atom. The number of para-hydroxylation sites is 1. The van der Waals surface area contributed by atoms with E-state index in [1.165, 1.54) is 11.0 Å². The average molecular weight is 680 g/mol. The lowest BCUT2D eigenvalue weighted by molar-refractivity contribution is -0.121. The van der Waals surface area contributed by atoms with Crippen molar-refractivity contribution in [3.63, 3.8) is 0 Å². The number of amides is 4. The molecule has 1 saturated heterocycles. The molecule has 0 atom stereocenters. The van der Waals surface area contributed by atoms with Crippen LogP contribution in [0, 0.1) is 5.92 Å². The number of likely N-dealkylation sites (tertiary alicyclic amines) is 1. The summed E-state index contributed by atoms with van der Waals surface area (Å²) in [5, 5.41) is 13.7. The van der Waals surface area contributed by atoms with Gasteiger partial charge in [0.05, 0.1) is 41.5 Å². The summed E-state index contributed by atoms with van der Waals surface area (Å²) >= 11 is 0. The molecule has 0 bridgehead atoms. The summed E-state index contributed by atoms with van der Waals surface area (Å²) in [6.07, 6.45) is 6.80. The number of hydrogen-bond acceptors (Lipinski definition) is 10. The van der Waals surface area contributed by atoms with Gasteiger partial charge in [0, 0.05) is 63.4 Å². The summed E-state index contributed by atoms with van der Waals surface area (Å²) in [7, 11) is 5.26. The van der Waals surface area contributed by atoms with E-state index in [0.29, 0.717) is 25.3 Å². The van der Waals surface area contributed by atoms with Gasteiger partial charge in [-0.3, -0.25) is 23.9 Å². The zero-order valence-corrected chi connectivity index (χ0v) is 28.3. The second-order valence-corrected chi connectivity index (χ2v) is 13.5. The Morgan fingerprint density at radius 3 is 2.38 bits per heavy atom. The summed E-state index contributed by atoms with van der Waals surface area (Å²) in [4.78, 5) is 60.6. The fourth-order valence-electron chi connectivity index (χ4n) is 6.22. The van der Waals surface area contributed by atoms with Gasteiger partial charge in [-0.2, -0.15) is 5.10 Å². The van der Waals surface area contributed by atoms with Crippen molar-refractivity contribution in [3.8, 4) is 11.1 Å². The third-order valence-electron chi connectivity index (χ3n) is 9.31. The summed E-state index contributed by atoms with van der Waals surface area (Å²) in [6, 6.07) is 10.8. The fourth-order valence-corrected chi connectivity index (χ4v) is 6.22. The van der Waals surface area contributed by atoms with Gasteiger partial charge in [-0.1, -0.05) is 18.2 Å². The zero-order chi connectivity index (χ0) is 35.3. The van der Waals surface area contributed by atoms with Crippen molar-refractivity contribution in [1.29, 1.82) is 0 Å². The van der Waals surface area contributed by atoms with Gasteiger partial charge >= 0.3 is 0 Å². The molecule has 2 aromatic heterocycles. The number of fused-ring (bicyclic) bond motifs is 3. The van der Waals surface area contributed by atoms with Crippen LogP contribution in [0.3, 0.4) is 0 Å². The number of allylic oxidation sites excluding steroid dienone is 1. The topological polar surface area (TPSA) is 197 Å². The highest BCUT2D eigenvalue weighted by Gasteiger charge is 2.37.